The molecule has 0 radical (unpaired) electrons. The van der Waals surface area contributed by atoms with Crippen LogP contribution in [0.4, 0.5) is 0 Å². The summed E-state index contributed by atoms with van der Waals surface area (Å²) in [6, 6.07) is 19.9. The van der Waals surface area contributed by atoms with Gasteiger partial charge in [0.25, 0.3) is 0 Å². The van der Waals surface area contributed by atoms with E-state index in [1.54, 1.807) is 6.20 Å². The highest BCUT2D eigenvalue weighted by atomic mass is 16.5. The number of Topliss-reactive ketones (excluding diaryl/α,β-unsaturated/α-hetero) is 1. The van der Waals surface area contributed by atoms with Crippen molar-refractivity contribution in [3.05, 3.63) is 83.7 Å². The van der Waals surface area contributed by atoms with E-state index in [0.717, 1.165) is 16.5 Å². The van der Waals surface area contributed by atoms with E-state index in [4.69, 9.17) is 9.47 Å². The molecule has 2 aromatic carbocycles. The van der Waals surface area contributed by atoms with Gasteiger partial charge in [-0.3, -0.25) is 9.59 Å². The van der Waals surface area contributed by atoms with Gasteiger partial charge < -0.3 is 18.9 Å². The van der Waals surface area contributed by atoms with Crippen molar-refractivity contribution in [1.82, 2.24) is 9.47 Å². The van der Waals surface area contributed by atoms with E-state index in [1.165, 1.54) is 14.2 Å². The maximum atomic E-state index is 13.9. The molecule has 3 aromatic rings. The summed E-state index contributed by atoms with van der Waals surface area (Å²) in [6.07, 6.45) is 2.64. The number of ether oxygens (including phenoxy) is 2. The van der Waals surface area contributed by atoms with E-state index >= 15 is 0 Å². The lowest BCUT2D eigenvalue weighted by atomic mass is 9.77. The third kappa shape index (κ3) is 5.51. The van der Waals surface area contributed by atoms with Crippen LogP contribution in [0.5, 0.6) is 0 Å². The number of para-hydroxylation sites is 1. The molecule has 0 bridgehead atoms. The highest BCUT2D eigenvalue weighted by Crippen LogP contribution is 2.35. The van der Waals surface area contributed by atoms with Crippen LogP contribution in [-0.4, -0.2) is 55.0 Å². The van der Waals surface area contributed by atoms with Crippen LogP contribution in [0.1, 0.15) is 35.3 Å². The van der Waals surface area contributed by atoms with Gasteiger partial charge in [0.05, 0.1) is 25.5 Å². The third-order valence-corrected chi connectivity index (χ3v) is 6.90. The molecule has 0 unspecified atom stereocenters. The van der Waals surface area contributed by atoms with Crippen LogP contribution in [0, 0.1) is 11.8 Å². The van der Waals surface area contributed by atoms with Gasteiger partial charge in [-0.25, -0.2) is 4.79 Å². The van der Waals surface area contributed by atoms with Crippen molar-refractivity contribution < 1.29 is 23.9 Å². The number of carbonyl (C=O) groups excluding carboxylic acids is 3. The number of hydrogen-bond acceptors (Lipinski definition) is 6. The average molecular weight is 489 g/mol. The molecule has 0 spiro atoms. The fourth-order valence-corrected chi connectivity index (χ4v) is 5.12. The van der Waals surface area contributed by atoms with Gasteiger partial charge in [-0.15, -0.1) is 0 Å². The highest BCUT2D eigenvalue weighted by Gasteiger charge is 2.36. The maximum absolute atomic E-state index is 13.9. The second-order valence-corrected chi connectivity index (χ2v) is 9.28. The van der Waals surface area contributed by atoms with Crippen molar-refractivity contribution in [3.63, 3.8) is 0 Å². The zero-order valence-corrected chi connectivity index (χ0v) is 21.0. The molecule has 36 heavy (non-hydrogen) atoms. The third-order valence-electron chi connectivity index (χ3n) is 6.90. The quantitative estimate of drug-likeness (QED) is 0.327. The van der Waals surface area contributed by atoms with E-state index in [2.05, 4.69) is 0 Å². The number of nitrogens with zero attached hydrogens (tertiary/aromatic N) is 2. The summed E-state index contributed by atoms with van der Waals surface area (Å²) in [5, 5.41) is 0.992. The number of esters is 2. The Morgan fingerprint density at radius 2 is 1.69 bits per heavy atom. The molecule has 0 saturated carbocycles. The van der Waals surface area contributed by atoms with Crippen molar-refractivity contribution in [2.24, 2.45) is 11.8 Å². The number of ketones is 1. The Kier molecular flexibility index (Phi) is 7.88. The lowest BCUT2D eigenvalue weighted by Gasteiger charge is -2.36. The predicted octanol–water partition coefficient (Wildman–Crippen LogP) is 4.45. The molecule has 0 aliphatic carbocycles. The fraction of sp³-hybridized carbons (Fsp3) is 0.345. The highest BCUT2D eigenvalue weighted by molar-refractivity contribution is 6.01. The van der Waals surface area contributed by atoms with Crippen LogP contribution in [-0.2, 0) is 25.6 Å². The van der Waals surface area contributed by atoms with Gasteiger partial charge in [-0.2, -0.15) is 0 Å². The second kappa shape index (κ2) is 11.2. The normalized spacial score (nSPS) is 17.5. The molecular formula is C29H32N2O5. The first-order valence-electron chi connectivity index (χ1n) is 12.1. The van der Waals surface area contributed by atoms with E-state index < -0.39 is 5.97 Å². The molecule has 1 aromatic heterocycles. The molecule has 1 aliphatic heterocycles. The molecule has 2 atom stereocenters. The minimum atomic E-state index is -0.452. The molecule has 7 nitrogen and oxygen atoms in total. The van der Waals surface area contributed by atoms with Crippen LogP contribution in [0.2, 0.25) is 0 Å². The molecule has 0 saturated heterocycles. The van der Waals surface area contributed by atoms with Gasteiger partial charge >= 0.3 is 11.9 Å². The van der Waals surface area contributed by atoms with E-state index in [0.29, 0.717) is 30.8 Å². The van der Waals surface area contributed by atoms with Crippen LogP contribution in [0.25, 0.3) is 10.9 Å². The number of benzene rings is 2. The number of aromatic nitrogens is 1. The predicted molar refractivity (Wildman–Crippen MR) is 137 cm³/mol. The molecule has 0 N–H and O–H groups in total. The summed E-state index contributed by atoms with van der Waals surface area (Å²) in [4.78, 5) is 40.4. The lowest BCUT2D eigenvalue weighted by Crippen LogP contribution is -2.38. The molecule has 0 fully saturated rings. The molecule has 1 aliphatic rings. The Morgan fingerprint density at radius 3 is 2.42 bits per heavy atom. The zero-order valence-electron chi connectivity index (χ0n) is 21.0. The summed E-state index contributed by atoms with van der Waals surface area (Å²) in [6.45, 7) is 1.19. The summed E-state index contributed by atoms with van der Waals surface area (Å²) in [5.74, 6) is -1.25. The Balaban J connectivity index is 1.68. The van der Waals surface area contributed by atoms with Crippen LogP contribution >= 0.6 is 0 Å². The zero-order chi connectivity index (χ0) is 25.7. The van der Waals surface area contributed by atoms with Crippen molar-refractivity contribution in [2.45, 2.75) is 25.8 Å². The number of carbonyl (C=O) groups is 3. The van der Waals surface area contributed by atoms with Gasteiger partial charge in [-0.1, -0.05) is 48.5 Å². The minimum Gasteiger partial charge on any atom is -0.469 e. The lowest BCUT2D eigenvalue weighted by molar-refractivity contribution is -0.141. The first-order valence-corrected chi connectivity index (χ1v) is 12.1. The average Bonchev–Trinajstić information content (AvgIpc) is 3.26. The first-order chi connectivity index (χ1) is 17.4. The topological polar surface area (TPSA) is 77.8 Å². The van der Waals surface area contributed by atoms with Crippen LogP contribution < -0.4 is 0 Å². The van der Waals surface area contributed by atoms with E-state index in [9.17, 15) is 14.4 Å². The van der Waals surface area contributed by atoms with Crippen molar-refractivity contribution in [1.29, 1.82) is 0 Å². The van der Waals surface area contributed by atoms with Crippen molar-refractivity contribution in [2.75, 3.05) is 27.8 Å². The summed E-state index contributed by atoms with van der Waals surface area (Å²) in [7, 11) is 4.59. The monoisotopic (exact) mass is 488 g/mol. The molecule has 4 rings (SSSR count). The Bertz CT molecular complexity index is 1280. The summed E-state index contributed by atoms with van der Waals surface area (Å²) >= 11 is 0. The van der Waals surface area contributed by atoms with E-state index in [1.807, 2.05) is 77.2 Å². The fourth-order valence-electron chi connectivity index (χ4n) is 5.12. The van der Waals surface area contributed by atoms with Crippen molar-refractivity contribution in [3.8, 4) is 0 Å². The number of methoxy groups -OCH3 is 2. The summed E-state index contributed by atoms with van der Waals surface area (Å²) < 4.78 is 11.9. The number of fused-ring (bicyclic) bond motifs is 1. The molecular weight excluding hydrogens is 456 g/mol. The Labute approximate surface area is 211 Å². The van der Waals surface area contributed by atoms with Crippen LogP contribution in [0.3, 0.4) is 0 Å². The molecule has 188 valence electrons. The standard InChI is InChI=1S/C29H32N2O5/c1-30-18-22(13-14-28(33)35-2)23(24(19-30)29(34)36-3)16-27(32)26-15-21-11-7-8-12-25(21)31(26)17-20-9-5-4-6-10-20/h4-12,15,19,22-23H,13-14,16-18H2,1-3H3/t22-,23+/m1/s1. The molecule has 2 heterocycles. The Hall–Kier alpha value is -3.87. The van der Waals surface area contributed by atoms with Gasteiger partial charge in [0.15, 0.2) is 5.78 Å². The molecule has 7 heteroatoms. The maximum Gasteiger partial charge on any atom is 0.335 e. The van der Waals surface area contributed by atoms with E-state index in [-0.39, 0.29) is 36.4 Å². The number of hydrogen-bond donors (Lipinski definition) is 0. The Morgan fingerprint density at radius 1 is 0.972 bits per heavy atom. The minimum absolute atomic E-state index is 0.0467. The van der Waals surface area contributed by atoms with Gasteiger partial charge in [0.2, 0.25) is 0 Å². The SMILES string of the molecule is COC(=O)CC[C@@H]1CN(C)C=C(C(=O)OC)[C@H]1CC(=O)c1cc2ccccc2n1Cc1ccccc1. The van der Waals surface area contributed by atoms with Crippen LogP contribution in [0.15, 0.2) is 72.4 Å². The van der Waals surface area contributed by atoms with Gasteiger partial charge in [0, 0.05) is 56.0 Å². The van der Waals surface area contributed by atoms with Gasteiger partial charge in [-0.05, 0) is 30.0 Å². The largest absolute Gasteiger partial charge is 0.469 e. The first kappa shape index (κ1) is 25.2. The second-order valence-electron chi connectivity index (χ2n) is 9.28. The van der Waals surface area contributed by atoms with Gasteiger partial charge in [0.1, 0.15) is 0 Å². The molecule has 0 amide bonds. The number of rotatable bonds is 9. The van der Waals surface area contributed by atoms with Crippen molar-refractivity contribution >= 4 is 28.6 Å². The summed E-state index contributed by atoms with van der Waals surface area (Å²) in [5.41, 5.74) is 3.15. The smallest absolute Gasteiger partial charge is 0.335 e.